The lowest BCUT2D eigenvalue weighted by atomic mass is 10.1. The Hall–Kier alpha value is -1.51. The Balaban J connectivity index is 2.35. The molecule has 0 unspecified atom stereocenters. The van der Waals surface area contributed by atoms with E-state index in [9.17, 15) is 5.11 Å². The first-order valence-corrected chi connectivity index (χ1v) is 4.20. The Morgan fingerprint density at radius 3 is 2.92 bits per heavy atom. The molecule has 0 atom stereocenters. The Bertz CT molecular complexity index is 358. The molecule has 0 heterocycles. The summed E-state index contributed by atoms with van der Waals surface area (Å²) in [5.74, 6) is 0.360. The molecular formula is C10H11NO2. The summed E-state index contributed by atoms with van der Waals surface area (Å²) in [7, 11) is 1.54. The number of phenols is 1. The average molecular weight is 177 g/mol. The van der Waals surface area contributed by atoms with Gasteiger partial charge in [0.15, 0.2) is 0 Å². The third-order valence-electron chi connectivity index (χ3n) is 2.24. The molecule has 1 aromatic rings. The van der Waals surface area contributed by atoms with Crippen molar-refractivity contribution < 1.29 is 9.94 Å². The summed E-state index contributed by atoms with van der Waals surface area (Å²) < 4.78 is 0. The highest BCUT2D eigenvalue weighted by molar-refractivity contribution is 5.93. The van der Waals surface area contributed by atoms with E-state index in [0.717, 1.165) is 23.3 Å². The van der Waals surface area contributed by atoms with Crippen LogP contribution in [0.2, 0.25) is 0 Å². The highest BCUT2D eigenvalue weighted by atomic mass is 16.6. The van der Waals surface area contributed by atoms with Crippen molar-refractivity contribution in [2.24, 2.45) is 5.16 Å². The fourth-order valence-corrected chi connectivity index (χ4v) is 1.67. The number of nitrogens with zero attached hydrogens (tertiary/aromatic N) is 1. The van der Waals surface area contributed by atoms with Crippen molar-refractivity contribution in [1.29, 1.82) is 0 Å². The van der Waals surface area contributed by atoms with Gasteiger partial charge in [-0.3, -0.25) is 0 Å². The number of oxime groups is 1. The van der Waals surface area contributed by atoms with Crippen molar-refractivity contribution in [2.75, 3.05) is 7.11 Å². The minimum atomic E-state index is 0.360. The van der Waals surface area contributed by atoms with E-state index in [4.69, 9.17) is 4.84 Å². The topological polar surface area (TPSA) is 41.8 Å². The smallest absolute Gasteiger partial charge is 0.119 e. The molecule has 1 aliphatic rings. The zero-order valence-corrected chi connectivity index (χ0v) is 7.45. The third-order valence-corrected chi connectivity index (χ3v) is 2.24. The maximum Gasteiger partial charge on any atom is 0.119 e. The first kappa shape index (κ1) is 8.10. The van der Waals surface area contributed by atoms with E-state index in [1.165, 1.54) is 7.11 Å². The molecule has 3 nitrogen and oxygen atoms in total. The van der Waals surface area contributed by atoms with E-state index >= 15 is 0 Å². The van der Waals surface area contributed by atoms with Gasteiger partial charge in [0.1, 0.15) is 12.9 Å². The largest absolute Gasteiger partial charge is 0.508 e. The van der Waals surface area contributed by atoms with Crippen LogP contribution in [0.15, 0.2) is 23.4 Å². The van der Waals surface area contributed by atoms with Crippen molar-refractivity contribution in [2.45, 2.75) is 12.8 Å². The Morgan fingerprint density at radius 2 is 2.23 bits per heavy atom. The molecule has 0 radical (unpaired) electrons. The molecule has 0 saturated heterocycles. The lowest BCUT2D eigenvalue weighted by Gasteiger charge is -1.98. The highest BCUT2D eigenvalue weighted by Crippen LogP contribution is 2.28. The van der Waals surface area contributed by atoms with Gasteiger partial charge in [-0.05, 0) is 11.6 Å². The van der Waals surface area contributed by atoms with Crippen molar-refractivity contribution in [3.63, 3.8) is 0 Å². The lowest BCUT2D eigenvalue weighted by Crippen LogP contribution is -1.96. The van der Waals surface area contributed by atoms with Crippen LogP contribution in [0.5, 0.6) is 5.75 Å². The maximum absolute atomic E-state index is 9.52. The molecular weight excluding hydrogens is 166 g/mol. The summed E-state index contributed by atoms with van der Waals surface area (Å²) in [4.78, 5) is 4.70. The van der Waals surface area contributed by atoms with Crippen LogP contribution in [0.25, 0.3) is 0 Å². The lowest BCUT2D eigenvalue weighted by molar-refractivity contribution is 0.212. The van der Waals surface area contributed by atoms with Gasteiger partial charge >= 0.3 is 0 Å². The minimum absolute atomic E-state index is 0.360. The number of phenolic OH excluding ortho intramolecular Hbond substituents is 1. The van der Waals surface area contributed by atoms with E-state index in [1.54, 1.807) is 6.07 Å². The summed E-state index contributed by atoms with van der Waals surface area (Å²) in [5.41, 5.74) is 3.10. The molecule has 13 heavy (non-hydrogen) atoms. The van der Waals surface area contributed by atoms with Gasteiger partial charge < -0.3 is 9.94 Å². The second-order valence-electron chi connectivity index (χ2n) is 3.11. The van der Waals surface area contributed by atoms with Crippen LogP contribution in [0, 0.1) is 0 Å². The number of benzene rings is 1. The first-order valence-electron chi connectivity index (χ1n) is 4.20. The predicted molar refractivity (Wildman–Crippen MR) is 50.0 cm³/mol. The molecule has 0 saturated carbocycles. The van der Waals surface area contributed by atoms with E-state index in [-0.39, 0.29) is 0 Å². The highest BCUT2D eigenvalue weighted by Gasteiger charge is 2.19. The number of fused-ring (bicyclic) bond motifs is 1. The predicted octanol–water partition coefficient (Wildman–Crippen LogP) is 1.49. The molecule has 1 aliphatic carbocycles. The van der Waals surface area contributed by atoms with Crippen LogP contribution >= 0.6 is 0 Å². The number of aromatic hydroxyl groups is 1. The van der Waals surface area contributed by atoms with Gasteiger partial charge in [-0.2, -0.15) is 0 Å². The monoisotopic (exact) mass is 177 g/mol. The molecule has 0 amide bonds. The molecule has 68 valence electrons. The molecule has 0 bridgehead atoms. The van der Waals surface area contributed by atoms with Gasteiger partial charge in [-0.15, -0.1) is 0 Å². The number of hydrogen-bond acceptors (Lipinski definition) is 3. The summed E-state index contributed by atoms with van der Waals surface area (Å²) in [5, 5.41) is 13.4. The SMILES string of the molecule is CO/N=C1/Cc2cccc(O)c2C1. The number of rotatable bonds is 1. The maximum atomic E-state index is 9.52. The third kappa shape index (κ3) is 1.37. The van der Waals surface area contributed by atoms with Gasteiger partial charge in [0.2, 0.25) is 0 Å². The fraction of sp³-hybridized carbons (Fsp3) is 0.300. The van der Waals surface area contributed by atoms with Crippen LogP contribution < -0.4 is 0 Å². The van der Waals surface area contributed by atoms with Crippen molar-refractivity contribution in [1.82, 2.24) is 0 Å². The summed E-state index contributed by atoms with van der Waals surface area (Å²) in [6.45, 7) is 0. The second kappa shape index (κ2) is 3.09. The molecule has 0 aliphatic heterocycles. The van der Waals surface area contributed by atoms with Crippen LogP contribution in [-0.2, 0) is 17.7 Å². The van der Waals surface area contributed by atoms with Gasteiger partial charge in [0.05, 0.1) is 5.71 Å². The van der Waals surface area contributed by atoms with E-state index in [1.807, 2.05) is 12.1 Å². The standard InChI is InChI=1S/C10H11NO2/c1-13-11-8-5-7-3-2-4-10(12)9(7)6-8/h2-4,12H,5-6H2,1H3/b11-8-. The van der Waals surface area contributed by atoms with Crippen molar-refractivity contribution in [3.05, 3.63) is 29.3 Å². The molecule has 1 N–H and O–H groups in total. The van der Waals surface area contributed by atoms with E-state index in [0.29, 0.717) is 12.2 Å². The van der Waals surface area contributed by atoms with Crippen molar-refractivity contribution >= 4 is 5.71 Å². The Labute approximate surface area is 76.6 Å². The van der Waals surface area contributed by atoms with E-state index in [2.05, 4.69) is 5.16 Å². The molecule has 0 aromatic heterocycles. The summed E-state index contributed by atoms with van der Waals surface area (Å²) in [6.07, 6.45) is 1.49. The molecule has 2 rings (SSSR count). The van der Waals surface area contributed by atoms with E-state index < -0.39 is 0 Å². The quantitative estimate of drug-likeness (QED) is 0.660. The minimum Gasteiger partial charge on any atom is -0.508 e. The fourth-order valence-electron chi connectivity index (χ4n) is 1.67. The summed E-state index contributed by atoms with van der Waals surface area (Å²) >= 11 is 0. The molecule has 1 aromatic carbocycles. The Morgan fingerprint density at radius 1 is 1.38 bits per heavy atom. The zero-order chi connectivity index (χ0) is 9.26. The van der Waals surface area contributed by atoms with Crippen LogP contribution in [0.1, 0.15) is 11.1 Å². The van der Waals surface area contributed by atoms with Gasteiger partial charge in [-0.1, -0.05) is 17.3 Å². The van der Waals surface area contributed by atoms with Crippen LogP contribution in [-0.4, -0.2) is 17.9 Å². The first-order chi connectivity index (χ1) is 6.31. The van der Waals surface area contributed by atoms with Gasteiger partial charge in [-0.25, -0.2) is 0 Å². The van der Waals surface area contributed by atoms with Crippen molar-refractivity contribution in [3.8, 4) is 5.75 Å². The summed E-state index contributed by atoms with van der Waals surface area (Å²) in [6, 6.07) is 5.56. The van der Waals surface area contributed by atoms with Crippen LogP contribution in [0.4, 0.5) is 0 Å². The van der Waals surface area contributed by atoms with Crippen LogP contribution in [0.3, 0.4) is 0 Å². The Kier molecular flexibility index (Phi) is 1.93. The normalized spacial score (nSPS) is 17.5. The number of hydrogen-bond donors (Lipinski definition) is 1. The zero-order valence-electron chi connectivity index (χ0n) is 7.45. The second-order valence-corrected chi connectivity index (χ2v) is 3.11. The molecule has 3 heteroatoms. The molecule has 0 fully saturated rings. The molecule has 0 spiro atoms. The average Bonchev–Trinajstić information content (AvgIpc) is 2.49. The van der Waals surface area contributed by atoms with Gasteiger partial charge in [0, 0.05) is 18.4 Å². The van der Waals surface area contributed by atoms with Gasteiger partial charge in [0.25, 0.3) is 0 Å².